The number of hydrogen-bond acceptors (Lipinski definition) is 5. The van der Waals surface area contributed by atoms with E-state index in [-0.39, 0.29) is 18.2 Å². The molecule has 0 aromatic carbocycles. The van der Waals surface area contributed by atoms with Crippen LogP contribution in [0.4, 0.5) is 4.79 Å². The van der Waals surface area contributed by atoms with Gasteiger partial charge in [-0.2, -0.15) is 0 Å². The Kier molecular flexibility index (Phi) is 4.21. The van der Waals surface area contributed by atoms with E-state index in [9.17, 15) is 4.79 Å². The maximum Gasteiger partial charge on any atom is 0.407 e. The Balaban J connectivity index is 1.57. The first kappa shape index (κ1) is 13.8. The number of carbonyl (C=O) groups is 1. The van der Waals surface area contributed by atoms with E-state index < -0.39 is 0 Å². The minimum atomic E-state index is -0.318. The molecule has 5 nitrogen and oxygen atoms in total. The third kappa shape index (κ3) is 3.49. The number of nitrogens with one attached hydrogen (secondary N) is 1. The molecule has 2 aliphatic rings. The fraction of sp³-hybridized carbons (Fsp3) is 0.714. The highest BCUT2D eigenvalue weighted by molar-refractivity contribution is 7.11. The second-order valence-electron chi connectivity index (χ2n) is 5.49. The normalized spacial score (nSPS) is 21.4. The number of aryl methyl sites for hydroxylation is 1. The van der Waals surface area contributed by atoms with Gasteiger partial charge in [-0.25, -0.2) is 9.78 Å². The van der Waals surface area contributed by atoms with Crippen LogP contribution in [0.5, 0.6) is 0 Å². The zero-order valence-corrected chi connectivity index (χ0v) is 12.4. The minimum absolute atomic E-state index is 0.0124. The summed E-state index contributed by atoms with van der Waals surface area (Å²) in [5.41, 5.74) is 0. The van der Waals surface area contributed by atoms with Gasteiger partial charge < -0.3 is 14.8 Å². The van der Waals surface area contributed by atoms with Gasteiger partial charge in [-0.15, -0.1) is 11.3 Å². The zero-order valence-electron chi connectivity index (χ0n) is 11.6. The van der Waals surface area contributed by atoms with Crippen molar-refractivity contribution in [2.24, 2.45) is 5.92 Å². The Bertz CT molecular complexity index is 467. The van der Waals surface area contributed by atoms with Crippen molar-refractivity contribution in [1.29, 1.82) is 0 Å². The number of rotatable bonds is 4. The van der Waals surface area contributed by atoms with Crippen LogP contribution in [0.15, 0.2) is 6.20 Å². The third-order valence-electron chi connectivity index (χ3n) is 3.71. The number of thiazole rings is 1. The fourth-order valence-electron chi connectivity index (χ4n) is 2.43. The van der Waals surface area contributed by atoms with Gasteiger partial charge in [-0.3, -0.25) is 0 Å². The van der Waals surface area contributed by atoms with Crippen molar-refractivity contribution < 1.29 is 14.3 Å². The molecule has 20 heavy (non-hydrogen) atoms. The van der Waals surface area contributed by atoms with Gasteiger partial charge >= 0.3 is 6.09 Å². The first-order valence-corrected chi connectivity index (χ1v) is 8.01. The molecule has 110 valence electrons. The van der Waals surface area contributed by atoms with Crippen molar-refractivity contribution >= 4 is 17.4 Å². The van der Waals surface area contributed by atoms with Crippen molar-refractivity contribution in [2.75, 3.05) is 13.2 Å². The number of hydrogen-bond donors (Lipinski definition) is 1. The lowest BCUT2D eigenvalue weighted by Gasteiger charge is -2.24. The van der Waals surface area contributed by atoms with Crippen LogP contribution in [0.25, 0.3) is 0 Å². The van der Waals surface area contributed by atoms with E-state index in [0.29, 0.717) is 19.1 Å². The summed E-state index contributed by atoms with van der Waals surface area (Å²) < 4.78 is 10.7. The first-order valence-electron chi connectivity index (χ1n) is 7.19. The Morgan fingerprint density at radius 2 is 2.20 bits per heavy atom. The summed E-state index contributed by atoms with van der Waals surface area (Å²) in [6.45, 7) is 3.39. The monoisotopic (exact) mass is 296 g/mol. The molecular weight excluding hydrogens is 276 g/mol. The molecule has 6 heteroatoms. The van der Waals surface area contributed by atoms with Gasteiger partial charge in [0.2, 0.25) is 0 Å². The average molecular weight is 296 g/mol. The number of nitrogens with zero attached hydrogens (tertiary/aromatic N) is 1. The molecule has 1 N–H and O–H groups in total. The van der Waals surface area contributed by atoms with Crippen LogP contribution < -0.4 is 5.32 Å². The molecule has 0 bridgehead atoms. The highest BCUT2D eigenvalue weighted by Gasteiger charge is 2.36. The average Bonchev–Trinajstić information content (AvgIpc) is 3.19. The molecule has 1 aliphatic carbocycles. The van der Waals surface area contributed by atoms with Crippen LogP contribution in [0, 0.1) is 12.8 Å². The summed E-state index contributed by atoms with van der Waals surface area (Å²) in [5.74, 6) is 0.516. The van der Waals surface area contributed by atoms with Crippen molar-refractivity contribution in [2.45, 2.75) is 44.8 Å². The van der Waals surface area contributed by atoms with E-state index in [4.69, 9.17) is 9.47 Å². The van der Waals surface area contributed by atoms with E-state index in [1.807, 2.05) is 13.1 Å². The highest BCUT2D eigenvalue weighted by Crippen LogP contribution is 2.42. The molecule has 1 amide bonds. The summed E-state index contributed by atoms with van der Waals surface area (Å²) in [7, 11) is 0. The Morgan fingerprint density at radius 3 is 2.80 bits per heavy atom. The van der Waals surface area contributed by atoms with Crippen LogP contribution >= 0.6 is 11.3 Å². The quantitative estimate of drug-likeness (QED) is 0.928. The van der Waals surface area contributed by atoms with E-state index in [2.05, 4.69) is 10.3 Å². The molecule has 1 aliphatic heterocycles. The lowest BCUT2D eigenvalue weighted by Crippen LogP contribution is -2.35. The molecular formula is C14H20N2O3S. The Labute approximate surface area is 122 Å². The molecule has 1 saturated carbocycles. The maximum atomic E-state index is 12.0. The molecule has 1 saturated heterocycles. The van der Waals surface area contributed by atoms with Crippen LogP contribution in [0.2, 0.25) is 0 Å². The van der Waals surface area contributed by atoms with Crippen molar-refractivity contribution in [1.82, 2.24) is 10.3 Å². The number of carbonyl (C=O) groups excluding carboxylic acids is 1. The van der Waals surface area contributed by atoms with Gasteiger partial charge in [-0.05, 0) is 25.7 Å². The topological polar surface area (TPSA) is 60.5 Å². The van der Waals surface area contributed by atoms with E-state index in [0.717, 1.165) is 30.7 Å². The second kappa shape index (κ2) is 6.10. The van der Waals surface area contributed by atoms with Crippen LogP contribution in [-0.4, -0.2) is 30.4 Å². The molecule has 2 heterocycles. The number of aromatic nitrogens is 1. The Hall–Kier alpha value is -1.14. The van der Waals surface area contributed by atoms with E-state index in [1.54, 1.807) is 11.3 Å². The summed E-state index contributed by atoms with van der Waals surface area (Å²) in [4.78, 5) is 17.6. The standard InChI is InChI=1S/C14H20N2O3S/c1-9-8-15-13(20-9)12(10-2-3-10)16-14(17)19-11-4-6-18-7-5-11/h8,10-12H,2-7H2,1H3,(H,16,17). The fourth-order valence-corrected chi connectivity index (χ4v) is 3.35. The highest BCUT2D eigenvalue weighted by atomic mass is 32.1. The van der Waals surface area contributed by atoms with Gasteiger partial charge in [0.25, 0.3) is 0 Å². The van der Waals surface area contributed by atoms with Crippen molar-refractivity contribution in [3.8, 4) is 0 Å². The number of ether oxygens (including phenoxy) is 2. The van der Waals surface area contributed by atoms with Crippen molar-refractivity contribution in [3.05, 3.63) is 16.1 Å². The molecule has 0 radical (unpaired) electrons. The summed E-state index contributed by atoms with van der Waals surface area (Å²) in [6, 6.07) is 0.0149. The van der Waals surface area contributed by atoms with Gasteiger partial charge in [-0.1, -0.05) is 0 Å². The van der Waals surface area contributed by atoms with Gasteiger partial charge in [0, 0.05) is 23.9 Å². The minimum Gasteiger partial charge on any atom is -0.446 e. The molecule has 1 atom stereocenters. The second-order valence-corrected chi connectivity index (χ2v) is 6.75. The van der Waals surface area contributed by atoms with E-state index in [1.165, 1.54) is 4.88 Å². The smallest absolute Gasteiger partial charge is 0.407 e. The van der Waals surface area contributed by atoms with Gasteiger partial charge in [0.05, 0.1) is 19.3 Å². The SMILES string of the molecule is Cc1cnc(C(NC(=O)OC2CCOCC2)C2CC2)s1. The molecule has 1 unspecified atom stereocenters. The van der Waals surface area contributed by atoms with Gasteiger partial charge in [0.1, 0.15) is 11.1 Å². The zero-order chi connectivity index (χ0) is 13.9. The van der Waals surface area contributed by atoms with E-state index >= 15 is 0 Å². The lowest BCUT2D eigenvalue weighted by molar-refractivity contribution is 0.000549. The maximum absolute atomic E-state index is 12.0. The van der Waals surface area contributed by atoms with Crippen LogP contribution in [-0.2, 0) is 9.47 Å². The van der Waals surface area contributed by atoms with Crippen molar-refractivity contribution in [3.63, 3.8) is 0 Å². The van der Waals surface area contributed by atoms with Gasteiger partial charge in [0.15, 0.2) is 0 Å². The predicted molar refractivity (Wildman–Crippen MR) is 75.8 cm³/mol. The number of amides is 1. The molecule has 3 rings (SSSR count). The lowest BCUT2D eigenvalue weighted by atomic mass is 10.1. The summed E-state index contributed by atoms with van der Waals surface area (Å²) >= 11 is 1.65. The Morgan fingerprint density at radius 1 is 1.45 bits per heavy atom. The first-order chi connectivity index (χ1) is 9.72. The van der Waals surface area contributed by atoms with Crippen LogP contribution in [0.1, 0.15) is 41.6 Å². The molecule has 2 fully saturated rings. The summed E-state index contributed by atoms with van der Waals surface area (Å²) in [5, 5.41) is 4.00. The summed E-state index contributed by atoms with van der Waals surface area (Å²) in [6.07, 6.45) is 5.42. The predicted octanol–water partition coefficient (Wildman–Crippen LogP) is 2.81. The molecule has 1 aromatic rings. The molecule has 0 spiro atoms. The largest absolute Gasteiger partial charge is 0.446 e. The molecule has 1 aromatic heterocycles. The third-order valence-corrected chi connectivity index (χ3v) is 4.71. The van der Waals surface area contributed by atoms with Crippen LogP contribution in [0.3, 0.4) is 0 Å². The number of alkyl carbamates (subject to hydrolysis) is 1.